The number of imide groups is 1. The number of aromatic nitrogens is 2. The van der Waals surface area contributed by atoms with Gasteiger partial charge in [-0.05, 0) is 43.2 Å². The largest absolute Gasteiger partial charge is 0.338 e. The van der Waals surface area contributed by atoms with Gasteiger partial charge in [-0.15, -0.1) is 0 Å². The predicted molar refractivity (Wildman–Crippen MR) is 103 cm³/mol. The summed E-state index contributed by atoms with van der Waals surface area (Å²) in [6.07, 6.45) is 3.71. The number of amides is 2. The molecule has 0 bridgehead atoms. The van der Waals surface area contributed by atoms with Crippen LogP contribution in [0.1, 0.15) is 17.5 Å². The van der Waals surface area contributed by atoms with Crippen molar-refractivity contribution in [3.63, 3.8) is 0 Å². The minimum Gasteiger partial charge on any atom is -0.338 e. The molecule has 1 atom stereocenters. The standard InChI is InChI=1S/C20H23N5O2/c1-14-4-5-16(12-15(14)2)25-18(26)13-17(19(25)27)23-8-10-24(11-9-23)20-21-6-3-7-22-20/h3-7,12,17H,8-11,13H2,1-2H3/t17-/m1/s1. The van der Waals surface area contributed by atoms with Gasteiger partial charge in [0.25, 0.3) is 5.91 Å². The summed E-state index contributed by atoms with van der Waals surface area (Å²) in [4.78, 5) is 39.7. The summed E-state index contributed by atoms with van der Waals surface area (Å²) in [6, 6.07) is 7.14. The quantitative estimate of drug-likeness (QED) is 0.769. The van der Waals surface area contributed by atoms with Crippen molar-refractivity contribution in [3.8, 4) is 0 Å². The summed E-state index contributed by atoms with van der Waals surface area (Å²) in [5.74, 6) is 0.470. The third-order valence-electron chi connectivity index (χ3n) is 5.46. The Labute approximate surface area is 158 Å². The molecule has 3 heterocycles. The Morgan fingerprint density at radius 1 is 0.963 bits per heavy atom. The molecule has 0 N–H and O–H groups in total. The van der Waals surface area contributed by atoms with Gasteiger partial charge in [0, 0.05) is 38.6 Å². The maximum atomic E-state index is 13.0. The van der Waals surface area contributed by atoms with Gasteiger partial charge in [-0.3, -0.25) is 14.5 Å². The van der Waals surface area contributed by atoms with Crippen molar-refractivity contribution in [2.45, 2.75) is 26.3 Å². The highest BCUT2D eigenvalue weighted by molar-refractivity contribution is 6.22. The number of hydrogen-bond donors (Lipinski definition) is 0. The zero-order valence-corrected chi connectivity index (χ0v) is 15.6. The Hall–Kier alpha value is -2.80. The second kappa shape index (κ2) is 7.08. The number of carbonyl (C=O) groups excluding carboxylic acids is 2. The van der Waals surface area contributed by atoms with E-state index >= 15 is 0 Å². The van der Waals surface area contributed by atoms with Crippen LogP contribution in [-0.4, -0.2) is 58.9 Å². The van der Waals surface area contributed by atoms with Crippen molar-refractivity contribution in [2.75, 3.05) is 36.0 Å². The van der Waals surface area contributed by atoms with E-state index in [2.05, 4.69) is 19.8 Å². The van der Waals surface area contributed by atoms with Gasteiger partial charge in [0.15, 0.2) is 0 Å². The fourth-order valence-corrected chi connectivity index (χ4v) is 3.73. The first kappa shape index (κ1) is 17.6. The predicted octanol–water partition coefficient (Wildman–Crippen LogP) is 1.55. The van der Waals surface area contributed by atoms with Crippen LogP contribution in [0.2, 0.25) is 0 Å². The zero-order valence-electron chi connectivity index (χ0n) is 15.6. The Morgan fingerprint density at radius 3 is 2.33 bits per heavy atom. The second-order valence-electron chi connectivity index (χ2n) is 7.13. The minimum absolute atomic E-state index is 0.118. The lowest BCUT2D eigenvalue weighted by molar-refractivity contribution is -0.123. The van der Waals surface area contributed by atoms with Crippen LogP contribution in [0.3, 0.4) is 0 Å². The van der Waals surface area contributed by atoms with E-state index in [9.17, 15) is 9.59 Å². The van der Waals surface area contributed by atoms with E-state index in [1.807, 2.05) is 32.0 Å². The second-order valence-corrected chi connectivity index (χ2v) is 7.13. The van der Waals surface area contributed by atoms with Crippen LogP contribution >= 0.6 is 0 Å². The fraction of sp³-hybridized carbons (Fsp3) is 0.400. The van der Waals surface area contributed by atoms with E-state index in [1.165, 1.54) is 4.90 Å². The van der Waals surface area contributed by atoms with Gasteiger partial charge in [0.2, 0.25) is 11.9 Å². The first-order chi connectivity index (χ1) is 13.0. The number of aryl methyl sites for hydroxylation is 2. The topological polar surface area (TPSA) is 69.6 Å². The van der Waals surface area contributed by atoms with Crippen molar-refractivity contribution in [3.05, 3.63) is 47.8 Å². The molecule has 2 fully saturated rings. The minimum atomic E-state index is -0.377. The third-order valence-corrected chi connectivity index (χ3v) is 5.46. The average molecular weight is 365 g/mol. The van der Waals surface area contributed by atoms with Crippen molar-refractivity contribution < 1.29 is 9.59 Å². The van der Waals surface area contributed by atoms with Gasteiger partial charge in [0.1, 0.15) is 0 Å². The molecule has 1 aromatic heterocycles. The van der Waals surface area contributed by atoms with Gasteiger partial charge >= 0.3 is 0 Å². The molecular weight excluding hydrogens is 342 g/mol. The van der Waals surface area contributed by atoms with E-state index in [1.54, 1.807) is 18.5 Å². The summed E-state index contributed by atoms with van der Waals surface area (Å²) in [5, 5.41) is 0. The highest BCUT2D eigenvalue weighted by atomic mass is 16.2. The highest BCUT2D eigenvalue weighted by Gasteiger charge is 2.43. The molecule has 27 heavy (non-hydrogen) atoms. The lowest BCUT2D eigenvalue weighted by atomic mass is 10.1. The summed E-state index contributed by atoms with van der Waals surface area (Å²) in [7, 11) is 0. The van der Waals surface area contributed by atoms with Crippen LogP contribution in [0.15, 0.2) is 36.7 Å². The van der Waals surface area contributed by atoms with Gasteiger partial charge in [-0.2, -0.15) is 0 Å². The molecule has 0 radical (unpaired) electrons. The molecule has 0 spiro atoms. The molecular formula is C20H23N5O2. The molecule has 2 saturated heterocycles. The van der Waals surface area contributed by atoms with Crippen LogP contribution in [0.5, 0.6) is 0 Å². The number of anilines is 2. The van der Waals surface area contributed by atoms with Gasteiger partial charge in [-0.25, -0.2) is 14.9 Å². The molecule has 2 aromatic rings. The van der Waals surface area contributed by atoms with E-state index in [0.717, 1.165) is 24.2 Å². The Balaban J connectivity index is 1.45. The van der Waals surface area contributed by atoms with Crippen LogP contribution in [0.4, 0.5) is 11.6 Å². The van der Waals surface area contributed by atoms with Gasteiger partial charge < -0.3 is 4.90 Å². The zero-order chi connectivity index (χ0) is 19.0. The van der Waals surface area contributed by atoms with Crippen molar-refractivity contribution >= 4 is 23.5 Å². The maximum Gasteiger partial charge on any atom is 0.251 e. The normalized spacial score (nSPS) is 21.2. The third kappa shape index (κ3) is 3.30. The number of nitrogens with zero attached hydrogens (tertiary/aromatic N) is 5. The number of carbonyl (C=O) groups is 2. The first-order valence-electron chi connectivity index (χ1n) is 9.24. The summed E-state index contributed by atoms with van der Waals surface area (Å²) >= 11 is 0. The Bertz CT molecular complexity index is 862. The van der Waals surface area contributed by atoms with E-state index in [-0.39, 0.29) is 24.3 Å². The molecule has 7 nitrogen and oxygen atoms in total. The lowest BCUT2D eigenvalue weighted by Gasteiger charge is -2.36. The van der Waals surface area contributed by atoms with Gasteiger partial charge in [0.05, 0.1) is 18.2 Å². The highest BCUT2D eigenvalue weighted by Crippen LogP contribution is 2.28. The summed E-state index contributed by atoms with van der Waals surface area (Å²) in [5.41, 5.74) is 2.90. The van der Waals surface area contributed by atoms with Gasteiger partial charge in [-0.1, -0.05) is 6.07 Å². The van der Waals surface area contributed by atoms with Crippen molar-refractivity contribution in [1.29, 1.82) is 0 Å². The molecule has 7 heteroatoms. The van der Waals surface area contributed by atoms with E-state index in [4.69, 9.17) is 0 Å². The smallest absolute Gasteiger partial charge is 0.251 e. The van der Waals surface area contributed by atoms with Crippen molar-refractivity contribution in [2.24, 2.45) is 0 Å². The molecule has 1 aromatic carbocycles. The molecule has 2 aliphatic heterocycles. The van der Waals surface area contributed by atoms with Crippen LogP contribution < -0.4 is 9.80 Å². The Kier molecular flexibility index (Phi) is 4.61. The molecule has 0 saturated carbocycles. The number of hydrogen-bond acceptors (Lipinski definition) is 6. The molecule has 140 valence electrons. The lowest BCUT2D eigenvalue weighted by Crippen LogP contribution is -2.53. The molecule has 4 rings (SSSR count). The molecule has 0 aliphatic carbocycles. The molecule has 2 amide bonds. The van der Waals surface area contributed by atoms with E-state index in [0.29, 0.717) is 24.7 Å². The number of piperazine rings is 1. The SMILES string of the molecule is Cc1ccc(N2C(=O)C[C@@H](N3CCN(c4ncccn4)CC3)C2=O)cc1C. The molecule has 0 unspecified atom stereocenters. The molecule has 2 aliphatic rings. The average Bonchev–Trinajstić information content (AvgIpc) is 2.99. The summed E-state index contributed by atoms with van der Waals surface area (Å²) in [6.45, 7) is 6.92. The number of rotatable bonds is 3. The first-order valence-corrected chi connectivity index (χ1v) is 9.24. The maximum absolute atomic E-state index is 13.0. The fourth-order valence-electron chi connectivity index (χ4n) is 3.73. The van der Waals surface area contributed by atoms with Crippen LogP contribution in [0, 0.1) is 13.8 Å². The Morgan fingerprint density at radius 2 is 1.67 bits per heavy atom. The van der Waals surface area contributed by atoms with Crippen molar-refractivity contribution in [1.82, 2.24) is 14.9 Å². The number of benzene rings is 1. The summed E-state index contributed by atoms with van der Waals surface area (Å²) < 4.78 is 0. The monoisotopic (exact) mass is 365 g/mol. The van der Waals surface area contributed by atoms with E-state index < -0.39 is 0 Å². The van der Waals surface area contributed by atoms with Crippen LogP contribution in [0.25, 0.3) is 0 Å². The van der Waals surface area contributed by atoms with Crippen LogP contribution in [-0.2, 0) is 9.59 Å².